The van der Waals surface area contributed by atoms with Gasteiger partial charge in [-0.3, -0.25) is 4.90 Å². The molecule has 3 heteroatoms. The van der Waals surface area contributed by atoms with Crippen LogP contribution < -0.4 is 10.1 Å². The van der Waals surface area contributed by atoms with Gasteiger partial charge in [0.05, 0.1) is 0 Å². The Hall–Kier alpha value is -2.10. The first-order valence-corrected chi connectivity index (χ1v) is 9.08. The normalized spacial score (nSPS) is 16.4. The Bertz CT molecular complexity index is 677. The average molecular weight is 336 g/mol. The number of hydrogen-bond acceptors (Lipinski definition) is 3. The molecule has 1 aliphatic rings. The second-order valence-electron chi connectivity index (χ2n) is 6.81. The van der Waals surface area contributed by atoms with Crippen molar-refractivity contribution in [2.24, 2.45) is 0 Å². The van der Waals surface area contributed by atoms with Crippen molar-refractivity contribution in [2.45, 2.75) is 26.0 Å². The molecule has 0 saturated carbocycles. The standard InChI is InChI=1S/C22H28N2O/c1-18(2)15-22(24-13-11-23-12-14-24)20-9-6-10-21(16-20)25-17-19-7-4-3-5-8-19/h3-10,16,22-23H,1,11-15,17H2,2H3/t22-/m1/s1. The van der Waals surface area contributed by atoms with E-state index >= 15 is 0 Å². The number of piperazine rings is 1. The van der Waals surface area contributed by atoms with Crippen LogP contribution in [-0.2, 0) is 6.61 Å². The summed E-state index contributed by atoms with van der Waals surface area (Å²) >= 11 is 0. The molecule has 1 saturated heterocycles. The van der Waals surface area contributed by atoms with Crippen LogP contribution in [-0.4, -0.2) is 31.1 Å². The van der Waals surface area contributed by atoms with Crippen LogP contribution in [0.4, 0.5) is 0 Å². The van der Waals surface area contributed by atoms with Gasteiger partial charge in [-0.05, 0) is 36.6 Å². The van der Waals surface area contributed by atoms with Crippen molar-refractivity contribution in [1.29, 1.82) is 0 Å². The molecule has 0 bridgehead atoms. The Morgan fingerprint density at radius 2 is 1.88 bits per heavy atom. The summed E-state index contributed by atoms with van der Waals surface area (Å²) in [6.45, 7) is 11.1. The lowest BCUT2D eigenvalue weighted by molar-refractivity contribution is 0.172. The maximum absolute atomic E-state index is 6.02. The van der Waals surface area contributed by atoms with Gasteiger partial charge in [0, 0.05) is 32.2 Å². The molecule has 1 atom stereocenters. The molecule has 0 aliphatic carbocycles. The molecule has 1 N–H and O–H groups in total. The molecule has 25 heavy (non-hydrogen) atoms. The van der Waals surface area contributed by atoms with Gasteiger partial charge in [0.15, 0.2) is 0 Å². The minimum Gasteiger partial charge on any atom is -0.489 e. The van der Waals surface area contributed by atoms with Crippen LogP contribution in [0.5, 0.6) is 5.75 Å². The summed E-state index contributed by atoms with van der Waals surface area (Å²) in [5.74, 6) is 0.934. The third-order valence-corrected chi connectivity index (χ3v) is 4.63. The first-order chi connectivity index (χ1) is 12.2. The Labute approximate surface area is 151 Å². The summed E-state index contributed by atoms with van der Waals surface area (Å²) in [7, 11) is 0. The Balaban J connectivity index is 1.73. The minimum atomic E-state index is 0.375. The van der Waals surface area contributed by atoms with Crippen LogP contribution in [0.15, 0.2) is 66.7 Å². The first-order valence-electron chi connectivity index (χ1n) is 9.08. The maximum Gasteiger partial charge on any atom is 0.120 e. The van der Waals surface area contributed by atoms with Gasteiger partial charge in [0.25, 0.3) is 0 Å². The topological polar surface area (TPSA) is 24.5 Å². The van der Waals surface area contributed by atoms with E-state index in [1.807, 2.05) is 24.3 Å². The molecule has 0 aromatic heterocycles. The zero-order valence-electron chi connectivity index (χ0n) is 15.1. The number of nitrogens with zero attached hydrogens (tertiary/aromatic N) is 1. The molecule has 3 nitrogen and oxygen atoms in total. The summed E-state index contributed by atoms with van der Waals surface area (Å²) in [5.41, 5.74) is 3.73. The SMILES string of the molecule is C=C(C)C[C@H](c1cccc(OCc2ccccc2)c1)N1CCNCC1. The van der Waals surface area contributed by atoms with Gasteiger partial charge < -0.3 is 10.1 Å². The number of hydrogen-bond donors (Lipinski definition) is 1. The Kier molecular flexibility index (Phi) is 6.26. The van der Waals surface area contributed by atoms with Gasteiger partial charge in [0.2, 0.25) is 0 Å². The van der Waals surface area contributed by atoms with Gasteiger partial charge in [-0.2, -0.15) is 0 Å². The van der Waals surface area contributed by atoms with E-state index in [9.17, 15) is 0 Å². The monoisotopic (exact) mass is 336 g/mol. The van der Waals surface area contributed by atoms with Gasteiger partial charge >= 0.3 is 0 Å². The fourth-order valence-electron chi connectivity index (χ4n) is 3.33. The van der Waals surface area contributed by atoms with Crippen molar-refractivity contribution in [1.82, 2.24) is 10.2 Å². The molecule has 2 aromatic carbocycles. The number of ether oxygens (including phenoxy) is 1. The molecule has 0 radical (unpaired) electrons. The summed E-state index contributed by atoms with van der Waals surface area (Å²) in [6, 6.07) is 19.2. The highest BCUT2D eigenvalue weighted by Gasteiger charge is 2.22. The minimum absolute atomic E-state index is 0.375. The molecule has 0 unspecified atom stereocenters. The van der Waals surface area contributed by atoms with Gasteiger partial charge in [-0.15, -0.1) is 6.58 Å². The van der Waals surface area contributed by atoms with Crippen LogP contribution in [0.1, 0.15) is 30.5 Å². The van der Waals surface area contributed by atoms with E-state index in [2.05, 4.69) is 54.1 Å². The molecule has 2 aromatic rings. The van der Waals surface area contributed by atoms with Crippen molar-refractivity contribution in [3.63, 3.8) is 0 Å². The van der Waals surface area contributed by atoms with Crippen molar-refractivity contribution < 1.29 is 4.74 Å². The Morgan fingerprint density at radius 1 is 1.12 bits per heavy atom. The maximum atomic E-state index is 6.02. The molecule has 0 spiro atoms. The fourth-order valence-corrected chi connectivity index (χ4v) is 3.33. The van der Waals surface area contributed by atoms with E-state index in [0.29, 0.717) is 12.6 Å². The lowest BCUT2D eigenvalue weighted by Gasteiger charge is -2.35. The molecular formula is C22H28N2O. The van der Waals surface area contributed by atoms with E-state index in [-0.39, 0.29) is 0 Å². The molecule has 1 aliphatic heterocycles. The van der Waals surface area contributed by atoms with Crippen LogP contribution in [0.3, 0.4) is 0 Å². The van der Waals surface area contributed by atoms with Gasteiger partial charge in [-0.1, -0.05) is 48.0 Å². The van der Waals surface area contributed by atoms with Crippen molar-refractivity contribution in [3.8, 4) is 5.75 Å². The van der Waals surface area contributed by atoms with E-state index in [1.165, 1.54) is 16.7 Å². The summed E-state index contributed by atoms with van der Waals surface area (Å²) in [6.07, 6.45) is 0.988. The highest BCUT2D eigenvalue weighted by Crippen LogP contribution is 2.30. The highest BCUT2D eigenvalue weighted by molar-refractivity contribution is 5.32. The molecular weight excluding hydrogens is 308 g/mol. The average Bonchev–Trinajstić information content (AvgIpc) is 2.66. The van der Waals surface area contributed by atoms with E-state index in [0.717, 1.165) is 38.3 Å². The third-order valence-electron chi connectivity index (χ3n) is 4.63. The van der Waals surface area contributed by atoms with Gasteiger partial charge in [-0.25, -0.2) is 0 Å². The van der Waals surface area contributed by atoms with Crippen LogP contribution in [0.25, 0.3) is 0 Å². The van der Waals surface area contributed by atoms with E-state index < -0.39 is 0 Å². The smallest absolute Gasteiger partial charge is 0.120 e. The number of benzene rings is 2. The lowest BCUT2D eigenvalue weighted by atomic mass is 9.97. The van der Waals surface area contributed by atoms with Crippen molar-refractivity contribution in [2.75, 3.05) is 26.2 Å². The second kappa shape index (κ2) is 8.84. The number of rotatable bonds is 7. The van der Waals surface area contributed by atoms with Crippen molar-refractivity contribution in [3.05, 3.63) is 77.9 Å². The quantitative estimate of drug-likeness (QED) is 0.768. The predicted molar refractivity (Wildman–Crippen MR) is 104 cm³/mol. The molecule has 1 heterocycles. The number of nitrogens with one attached hydrogen (secondary N) is 1. The van der Waals surface area contributed by atoms with Crippen LogP contribution >= 0.6 is 0 Å². The fraction of sp³-hybridized carbons (Fsp3) is 0.364. The summed E-state index contributed by atoms with van der Waals surface area (Å²) in [5, 5.41) is 3.44. The summed E-state index contributed by atoms with van der Waals surface area (Å²) < 4.78 is 6.02. The van der Waals surface area contributed by atoms with Crippen LogP contribution in [0.2, 0.25) is 0 Å². The first kappa shape index (κ1) is 17.7. The molecule has 132 valence electrons. The zero-order valence-corrected chi connectivity index (χ0v) is 15.1. The van der Waals surface area contributed by atoms with Gasteiger partial charge in [0.1, 0.15) is 12.4 Å². The molecule has 3 rings (SSSR count). The zero-order chi connectivity index (χ0) is 17.5. The predicted octanol–water partition coefficient (Wildman–Crippen LogP) is 4.18. The largest absolute Gasteiger partial charge is 0.489 e. The van der Waals surface area contributed by atoms with Crippen molar-refractivity contribution >= 4 is 0 Å². The highest BCUT2D eigenvalue weighted by atomic mass is 16.5. The molecule has 0 amide bonds. The third kappa shape index (κ3) is 5.18. The van der Waals surface area contributed by atoms with E-state index in [1.54, 1.807) is 0 Å². The molecule has 1 fully saturated rings. The second-order valence-corrected chi connectivity index (χ2v) is 6.81. The summed E-state index contributed by atoms with van der Waals surface area (Å²) in [4.78, 5) is 2.56. The Morgan fingerprint density at radius 3 is 2.60 bits per heavy atom. The van der Waals surface area contributed by atoms with E-state index in [4.69, 9.17) is 4.74 Å². The van der Waals surface area contributed by atoms with Crippen LogP contribution in [0, 0.1) is 0 Å². The lowest BCUT2D eigenvalue weighted by Crippen LogP contribution is -2.45.